The summed E-state index contributed by atoms with van der Waals surface area (Å²) in [4.78, 5) is 20.0. The molecule has 2 saturated heterocycles. The van der Waals surface area contributed by atoms with Crippen LogP contribution in [0.4, 0.5) is 0 Å². The summed E-state index contributed by atoms with van der Waals surface area (Å²) in [5.41, 5.74) is 3.54. The number of para-hydroxylation sites is 2. The zero-order valence-electron chi connectivity index (χ0n) is 20.3. The highest BCUT2D eigenvalue weighted by Gasteiger charge is 2.41. The lowest BCUT2D eigenvalue weighted by Crippen LogP contribution is -2.45. The monoisotopic (exact) mass is 460 g/mol. The van der Waals surface area contributed by atoms with Crippen LogP contribution in [-0.4, -0.2) is 52.7 Å². The molecule has 0 radical (unpaired) electrons. The number of methoxy groups -OCH3 is 1. The lowest BCUT2D eigenvalue weighted by Gasteiger charge is -2.40. The summed E-state index contributed by atoms with van der Waals surface area (Å²) >= 11 is 0. The Kier molecular flexibility index (Phi) is 6.97. The Hall–Kier alpha value is -2.70. The molecule has 5 rings (SSSR count). The molecule has 6 nitrogen and oxygen atoms in total. The number of ether oxygens (including phenoxy) is 1. The lowest BCUT2D eigenvalue weighted by atomic mass is 9.95. The van der Waals surface area contributed by atoms with Gasteiger partial charge in [0.1, 0.15) is 5.82 Å². The number of imidazole rings is 1. The normalized spacial score (nSPS) is 23.3. The molecule has 2 aromatic carbocycles. The number of carbonyl (C=O) groups excluding carboxylic acids is 1. The fourth-order valence-corrected chi connectivity index (χ4v) is 6.19. The van der Waals surface area contributed by atoms with E-state index in [1.54, 1.807) is 7.11 Å². The third-order valence-corrected chi connectivity index (χ3v) is 7.74. The number of amides is 1. The highest BCUT2D eigenvalue weighted by Crippen LogP contribution is 2.42. The number of aryl methyl sites for hydroxylation is 1. The number of hydrogen-bond acceptors (Lipinski definition) is 4. The van der Waals surface area contributed by atoms with Crippen LogP contribution in [0.2, 0.25) is 0 Å². The van der Waals surface area contributed by atoms with E-state index in [1.165, 1.54) is 36.8 Å². The highest BCUT2D eigenvalue weighted by molar-refractivity contribution is 5.76. The first-order valence-corrected chi connectivity index (χ1v) is 12.7. The van der Waals surface area contributed by atoms with Crippen molar-refractivity contribution in [1.29, 1.82) is 0 Å². The molecule has 3 heterocycles. The molecule has 0 saturated carbocycles. The molecular formula is C28H36N4O2. The summed E-state index contributed by atoms with van der Waals surface area (Å²) in [7, 11) is 1.63. The van der Waals surface area contributed by atoms with E-state index in [9.17, 15) is 4.79 Å². The number of nitrogens with zero attached hydrogens (tertiary/aromatic N) is 3. The van der Waals surface area contributed by atoms with Gasteiger partial charge in [0.25, 0.3) is 0 Å². The summed E-state index contributed by atoms with van der Waals surface area (Å²) < 4.78 is 7.58. The van der Waals surface area contributed by atoms with E-state index in [0.29, 0.717) is 31.2 Å². The van der Waals surface area contributed by atoms with Crippen molar-refractivity contribution in [1.82, 2.24) is 19.8 Å². The third-order valence-electron chi connectivity index (χ3n) is 7.74. The summed E-state index contributed by atoms with van der Waals surface area (Å²) in [6.07, 6.45) is 6.20. The maximum Gasteiger partial charge on any atom is 0.222 e. The van der Waals surface area contributed by atoms with Crippen molar-refractivity contribution in [2.24, 2.45) is 0 Å². The Bertz CT molecular complexity index is 1100. The predicted octanol–water partition coefficient (Wildman–Crippen LogP) is 4.80. The van der Waals surface area contributed by atoms with Gasteiger partial charge in [0.2, 0.25) is 5.91 Å². The number of fused-ring (bicyclic) bond motifs is 3. The van der Waals surface area contributed by atoms with Gasteiger partial charge in [-0.15, -0.1) is 0 Å². The lowest BCUT2D eigenvalue weighted by molar-refractivity contribution is -0.122. The van der Waals surface area contributed by atoms with Gasteiger partial charge in [0.05, 0.1) is 23.7 Å². The zero-order chi connectivity index (χ0) is 23.5. The molecule has 34 heavy (non-hydrogen) atoms. The van der Waals surface area contributed by atoms with Crippen molar-refractivity contribution in [2.75, 3.05) is 20.3 Å². The topological polar surface area (TPSA) is 59.4 Å². The Morgan fingerprint density at radius 1 is 1.06 bits per heavy atom. The molecule has 2 fully saturated rings. The minimum absolute atomic E-state index is 0.0301. The van der Waals surface area contributed by atoms with Gasteiger partial charge in [-0.3, -0.25) is 9.69 Å². The van der Waals surface area contributed by atoms with Gasteiger partial charge in [-0.2, -0.15) is 0 Å². The molecule has 1 N–H and O–H groups in total. The average Bonchev–Trinajstić information content (AvgIpc) is 3.31. The van der Waals surface area contributed by atoms with Gasteiger partial charge in [-0.1, -0.05) is 42.5 Å². The molecule has 1 amide bonds. The molecular weight excluding hydrogens is 424 g/mol. The van der Waals surface area contributed by atoms with Crippen molar-refractivity contribution in [3.05, 3.63) is 66.0 Å². The molecule has 180 valence electrons. The van der Waals surface area contributed by atoms with Crippen molar-refractivity contribution in [3.63, 3.8) is 0 Å². The van der Waals surface area contributed by atoms with Crippen LogP contribution < -0.4 is 5.32 Å². The quantitative estimate of drug-likeness (QED) is 0.498. The Labute approximate surface area is 202 Å². The van der Waals surface area contributed by atoms with Crippen LogP contribution >= 0.6 is 0 Å². The molecule has 1 unspecified atom stereocenters. The summed E-state index contributed by atoms with van der Waals surface area (Å²) in [5, 5.41) is 3.26. The Morgan fingerprint density at radius 2 is 1.76 bits per heavy atom. The predicted molar refractivity (Wildman–Crippen MR) is 135 cm³/mol. The molecule has 0 aliphatic carbocycles. The summed E-state index contributed by atoms with van der Waals surface area (Å²) in [5.74, 6) is 1.18. The van der Waals surface area contributed by atoms with Crippen molar-refractivity contribution in [3.8, 4) is 0 Å². The van der Waals surface area contributed by atoms with Crippen LogP contribution in [0.3, 0.4) is 0 Å². The molecule has 2 aliphatic rings. The molecule has 6 heteroatoms. The van der Waals surface area contributed by atoms with Crippen LogP contribution in [0.25, 0.3) is 11.0 Å². The molecule has 4 atom stereocenters. The second-order valence-electron chi connectivity index (χ2n) is 9.83. The van der Waals surface area contributed by atoms with E-state index in [-0.39, 0.29) is 11.9 Å². The van der Waals surface area contributed by atoms with Crippen molar-refractivity contribution in [2.45, 2.75) is 69.6 Å². The summed E-state index contributed by atoms with van der Waals surface area (Å²) in [6, 6.07) is 20.6. The number of rotatable bonds is 9. The SMILES string of the molecule is COCCC(=O)N[C@@H](CCN1[C@@H]2CC[C@H]1CC(n1c(C)nc3ccccc31)C2)c1ccccc1. The Balaban J connectivity index is 1.27. The van der Waals surface area contributed by atoms with Crippen LogP contribution in [0, 0.1) is 6.92 Å². The highest BCUT2D eigenvalue weighted by atomic mass is 16.5. The first kappa shape index (κ1) is 23.1. The third kappa shape index (κ3) is 4.75. The zero-order valence-corrected chi connectivity index (χ0v) is 20.3. The first-order valence-electron chi connectivity index (χ1n) is 12.7. The maximum atomic E-state index is 12.5. The maximum absolute atomic E-state index is 12.5. The molecule has 1 aromatic heterocycles. The molecule has 3 aromatic rings. The molecule has 0 spiro atoms. The number of piperidine rings is 1. The standard InChI is InChI=1S/C28H36N4O2/c1-20-29-26-10-6-7-11-27(26)32(20)24-18-22-12-13-23(19-24)31(22)16-14-25(21-8-4-3-5-9-21)30-28(33)15-17-34-2/h3-11,22-25H,12-19H2,1-2H3,(H,30,33)/t22-,23+,24?,25-/m0/s1. The summed E-state index contributed by atoms with van der Waals surface area (Å²) in [6.45, 7) is 3.61. The van der Waals surface area contributed by atoms with E-state index in [4.69, 9.17) is 9.72 Å². The van der Waals surface area contributed by atoms with E-state index in [1.807, 2.05) is 6.07 Å². The minimum atomic E-state index is 0.0301. The van der Waals surface area contributed by atoms with Gasteiger partial charge in [0, 0.05) is 38.2 Å². The van der Waals surface area contributed by atoms with Crippen LogP contribution in [-0.2, 0) is 9.53 Å². The fourth-order valence-electron chi connectivity index (χ4n) is 6.19. The van der Waals surface area contributed by atoms with Gasteiger partial charge in [-0.05, 0) is 56.7 Å². The van der Waals surface area contributed by atoms with E-state index < -0.39 is 0 Å². The van der Waals surface area contributed by atoms with Gasteiger partial charge < -0.3 is 14.6 Å². The molecule has 2 aliphatic heterocycles. The van der Waals surface area contributed by atoms with E-state index in [0.717, 1.165) is 24.3 Å². The fraction of sp³-hybridized carbons (Fsp3) is 0.500. The second-order valence-corrected chi connectivity index (χ2v) is 9.83. The van der Waals surface area contributed by atoms with E-state index >= 15 is 0 Å². The molecule has 2 bridgehead atoms. The average molecular weight is 461 g/mol. The largest absolute Gasteiger partial charge is 0.384 e. The van der Waals surface area contributed by atoms with Crippen molar-refractivity contribution >= 4 is 16.9 Å². The van der Waals surface area contributed by atoms with Crippen LogP contribution in [0.15, 0.2) is 54.6 Å². The number of benzene rings is 2. The number of aromatic nitrogens is 2. The van der Waals surface area contributed by atoms with E-state index in [2.05, 4.69) is 70.2 Å². The van der Waals surface area contributed by atoms with Gasteiger partial charge >= 0.3 is 0 Å². The Morgan fingerprint density at radius 3 is 2.50 bits per heavy atom. The van der Waals surface area contributed by atoms with Crippen molar-refractivity contribution < 1.29 is 9.53 Å². The smallest absolute Gasteiger partial charge is 0.222 e. The number of carbonyl (C=O) groups is 1. The number of hydrogen-bond donors (Lipinski definition) is 1. The van der Waals surface area contributed by atoms with Gasteiger partial charge in [-0.25, -0.2) is 4.98 Å². The van der Waals surface area contributed by atoms with Gasteiger partial charge in [0.15, 0.2) is 0 Å². The second kappa shape index (κ2) is 10.3. The first-order chi connectivity index (χ1) is 16.6. The van der Waals surface area contributed by atoms with Crippen LogP contribution in [0.5, 0.6) is 0 Å². The minimum Gasteiger partial charge on any atom is -0.384 e. The number of nitrogens with one attached hydrogen (secondary N) is 1. The van der Waals surface area contributed by atoms with Crippen LogP contribution in [0.1, 0.15) is 62.0 Å².